The zero-order chi connectivity index (χ0) is 17.2. The molecule has 0 bridgehead atoms. The van der Waals surface area contributed by atoms with Crippen LogP contribution in [0.5, 0.6) is 0 Å². The molecule has 5 heteroatoms. The molecular weight excluding hydrogens is 300 g/mol. The van der Waals surface area contributed by atoms with E-state index in [4.69, 9.17) is 15.5 Å². The van der Waals surface area contributed by atoms with Crippen LogP contribution in [0.4, 0.5) is 11.5 Å². The normalized spacial score (nSPS) is 27.1. The number of methoxy groups -OCH3 is 1. The first kappa shape index (κ1) is 17.5. The average Bonchev–Trinajstić information content (AvgIpc) is 2.59. The number of aryl methyl sites for hydroxylation is 1. The molecule has 5 nitrogen and oxygen atoms in total. The molecule has 1 aromatic rings. The third-order valence-corrected chi connectivity index (χ3v) is 5.84. The van der Waals surface area contributed by atoms with Crippen molar-refractivity contribution in [2.45, 2.75) is 70.1 Å². The largest absolute Gasteiger partial charge is 0.381 e. The second-order valence-corrected chi connectivity index (χ2v) is 7.70. The van der Waals surface area contributed by atoms with E-state index in [9.17, 15) is 0 Å². The standard InChI is InChI=1S/C19H32N4O/c1-14-17(22-16-6-4-15(20)5-7-16)8-9-18(21-14)23-12-10-19(2,24-3)11-13-23/h8-9,15-16,22H,4-7,10-13,20H2,1-3H3. The van der Waals surface area contributed by atoms with Gasteiger partial charge in [0.2, 0.25) is 0 Å². The second kappa shape index (κ2) is 7.28. The number of nitrogens with two attached hydrogens (primary N) is 1. The molecule has 1 saturated heterocycles. The summed E-state index contributed by atoms with van der Waals surface area (Å²) in [5.74, 6) is 1.09. The van der Waals surface area contributed by atoms with Crippen LogP contribution in [-0.4, -0.2) is 42.9 Å². The molecule has 0 atom stereocenters. The third kappa shape index (κ3) is 4.01. The minimum Gasteiger partial charge on any atom is -0.381 e. The van der Waals surface area contributed by atoms with Gasteiger partial charge in [0.15, 0.2) is 0 Å². The Hall–Kier alpha value is -1.33. The molecule has 0 unspecified atom stereocenters. The SMILES string of the molecule is COC1(C)CCN(c2ccc(NC3CCC(N)CC3)c(C)n2)CC1. The summed E-state index contributed by atoms with van der Waals surface area (Å²) < 4.78 is 5.63. The lowest BCUT2D eigenvalue weighted by molar-refractivity contribution is -0.0133. The Balaban J connectivity index is 1.61. The predicted octanol–water partition coefficient (Wildman–Crippen LogP) is 3.08. The van der Waals surface area contributed by atoms with Gasteiger partial charge in [-0.15, -0.1) is 0 Å². The number of rotatable bonds is 4. The number of piperidine rings is 1. The predicted molar refractivity (Wildman–Crippen MR) is 99.7 cm³/mol. The van der Waals surface area contributed by atoms with Gasteiger partial charge < -0.3 is 20.7 Å². The van der Waals surface area contributed by atoms with Crippen molar-refractivity contribution in [3.8, 4) is 0 Å². The lowest BCUT2D eigenvalue weighted by atomic mass is 9.91. The van der Waals surface area contributed by atoms with Crippen LogP contribution in [0.15, 0.2) is 12.1 Å². The summed E-state index contributed by atoms with van der Waals surface area (Å²) in [6.45, 7) is 6.31. The monoisotopic (exact) mass is 332 g/mol. The molecule has 2 heterocycles. The van der Waals surface area contributed by atoms with E-state index in [2.05, 4.69) is 36.2 Å². The number of hydrogen-bond donors (Lipinski definition) is 2. The average molecular weight is 332 g/mol. The van der Waals surface area contributed by atoms with E-state index in [0.717, 1.165) is 68.8 Å². The Morgan fingerprint density at radius 3 is 2.46 bits per heavy atom. The van der Waals surface area contributed by atoms with Gasteiger partial charge in [0, 0.05) is 32.3 Å². The fraction of sp³-hybridized carbons (Fsp3) is 0.737. The summed E-state index contributed by atoms with van der Waals surface area (Å²) in [5.41, 5.74) is 8.27. The van der Waals surface area contributed by atoms with Crippen LogP contribution in [0.25, 0.3) is 0 Å². The van der Waals surface area contributed by atoms with Gasteiger partial charge in [0.05, 0.1) is 17.0 Å². The van der Waals surface area contributed by atoms with Crippen LogP contribution in [0.2, 0.25) is 0 Å². The van der Waals surface area contributed by atoms with Gasteiger partial charge in [-0.2, -0.15) is 0 Å². The van der Waals surface area contributed by atoms with Crippen LogP contribution < -0.4 is 16.0 Å². The Morgan fingerprint density at radius 2 is 1.88 bits per heavy atom. The van der Waals surface area contributed by atoms with Gasteiger partial charge in [-0.3, -0.25) is 0 Å². The Labute approximate surface area is 146 Å². The Bertz CT molecular complexity index is 546. The molecule has 24 heavy (non-hydrogen) atoms. The van der Waals surface area contributed by atoms with Crippen molar-refractivity contribution in [3.63, 3.8) is 0 Å². The van der Waals surface area contributed by atoms with E-state index in [-0.39, 0.29) is 5.60 Å². The van der Waals surface area contributed by atoms with Gasteiger partial charge in [-0.1, -0.05) is 0 Å². The maximum atomic E-state index is 6.00. The van der Waals surface area contributed by atoms with Gasteiger partial charge in [0.1, 0.15) is 5.82 Å². The maximum Gasteiger partial charge on any atom is 0.128 e. The molecule has 0 radical (unpaired) electrons. The van der Waals surface area contributed by atoms with Crippen LogP contribution >= 0.6 is 0 Å². The molecule has 0 aromatic carbocycles. The van der Waals surface area contributed by atoms with Crippen molar-refractivity contribution in [3.05, 3.63) is 17.8 Å². The van der Waals surface area contributed by atoms with E-state index < -0.39 is 0 Å². The molecule has 2 fully saturated rings. The molecule has 1 aromatic heterocycles. The summed E-state index contributed by atoms with van der Waals surface area (Å²) in [6, 6.07) is 5.27. The smallest absolute Gasteiger partial charge is 0.128 e. The van der Waals surface area contributed by atoms with Crippen molar-refractivity contribution < 1.29 is 4.74 Å². The summed E-state index contributed by atoms with van der Waals surface area (Å²) in [6.07, 6.45) is 6.65. The topological polar surface area (TPSA) is 63.4 Å². The lowest BCUT2D eigenvalue weighted by Gasteiger charge is -2.39. The number of nitrogens with zero attached hydrogens (tertiary/aromatic N) is 2. The third-order valence-electron chi connectivity index (χ3n) is 5.84. The molecule has 0 amide bonds. The Morgan fingerprint density at radius 1 is 1.21 bits per heavy atom. The van der Waals surface area contributed by atoms with Crippen LogP contribution in [0, 0.1) is 6.92 Å². The second-order valence-electron chi connectivity index (χ2n) is 7.70. The summed E-state index contributed by atoms with van der Waals surface area (Å²) in [5, 5.41) is 3.67. The van der Waals surface area contributed by atoms with Crippen molar-refractivity contribution in [2.75, 3.05) is 30.4 Å². The summed E-state index contributed by atoms with van der Waals surface area (Å²) >= 11 is 0. The number of nitrogens with one attached hydrogen (secondary N) is 1. The van der Waals surface area contributed by atoms with Crippen LogP contribution in [-0.2, 0) is 4.74 Å². The van der Waals surface area contributed by atoms with E-state index in [1.54, 1.807) is 0 Å². The maximum absolute atomic E-state index is 6.00. The van der Waals surface area contributed by atoms with Crippen molar-refractivity contribution >= 4 is 11.5 Å². The highest BCUT2D eigenvalue weighted by Crippen LogP contribution is 2.29. The molecule has 0 spiro atoms. The number of hydrogen-bond acceptors (Lipinski definition) is 5. The molecular formula is C19H32N4O. The molecule has 1 saturated carbocycles. The summed E-state index contributed by atoms with van der Waals surface area (Å²) in [7, 11) is 1.82. The molecule has 1 aliphatic heterocycles. The summed E-state index contributed by atoms with van der Waals surface area (Å²) in [4.78, 5) is 7.22. The first-order chi connectivity index (χ1) is 11.5. The molecule has 3 N–H and O–H groups in total. The quantitative estimate of drug-likeness (QED) is 0.887. The zero-order valence-electron chi connectivity index (χ0n) is 15.3. The first-order valence-electron chi connectivity index (χ1n) is 9.29. The highest BCUT2D eigenvalue weighted by Gasteiger charge is 2.30. The number of ether oxygens (including phenoxy) is 1. The lowest BCUT2D eigenvalue weighted by Crippen LogP contribution is -2.44. The van der Waals surface area contributed by atoms with Crippen molar-refractivity contribution in [1.82, 2.24) is 4.98 Å². The molecule has 3 rings (SSSR count). The van der Waals surface area contributed by atoms with Crippen LogP contribution in [0.3, 0.4) is 0 Å². The van der Waals surface area contributed by atoms with Gasteiger partial charge >= 0.3 is 0 Å². The van der Waals surface area contributed by atoms with Gasteiger partial charge in [-0.05, 0) is 64.5 Å². The zero-order valence-corrected chi connectivity index (χ0v) is 15.3. The molecule has 134 valence electrons. The Kier molecular flexibility index (Phi) is 5.30. The van der Waals surface area contributed by atoms with E-state index in [1.165, 1.54) is 0 Å². The highest BCUT2D eigenvalue weighted by molar-refractivity contribution is 5.54. The fourth-order valence-corrected chi connectivity index (χ4v) is 3.77. The van der Waals surface area contributed by atoms with E-state index in [0.29, 0.717) is 12.1 Å². The minimum absolute atomic E-state index is 0.0227. The van der Waals surface area contributed by atoms with E-state index >= 15 is 0 Å². The first-order valence-corrected chi connectivity index (χ1v) is 9.29. The molecule has 1 aliphatic carbocycles. The minimum atomic E-state index is 0.0227. The molecule has 2 aliphatic rings. The van der Waals surface area contributed by atoms with Crippen molar-refractivity contribution in [1.29, 1.82) is 0 Å². The van der Waals surface area contributed by atoms with Crippen LogP contribution in [0.1, 0.15) is 51.1 Å². The number of anilines is 2. The fourth-order valence-electron chi connectivity index (χ4n) is 3.77. The van der Waals surface area contributed by atoms with Gasteiger partial charge in [0.25, 0.3) is 0 Å². The van der Waals surface area contributed by atoms with Gasteiger partial charge in [-0.25, -0.2) is 4.98 Å². The number of aromatic nitrogens is 1. The van der Waals surface area contributed by atoms with E-state index in [1.807, 2.05) is 7.11 Å². The number of pyridine rings is 1. The van der Waals surface area contributed by atoms with Crippen molar-refractivity contribution in [2.24, 2.45) is 5.73 Å². The highest BCUT2D eigenvalue weighted by atomic mass is 16.5.